The second kappa shape index (κ2) is 8.10. The zero-order valence-electron chi connectivity index (χ0n) is 17.9. The van der Waals surface area contributed by atoms with E-state index in [1.54, 1.807) is 48.6 Å². The van der Waals surface area contributed by atoms with Crippen molar-refractivity contribution in [3.8, 4) is 0 Å². The van der Waals surface area contributed by atoms with Gasteiger partial charge in [-0.25, -0.2) is 4.98 Å². The normalized spacial score (nSPS) is 15.8. The number of carbonyl (C=O) groups is 2. The van der Waals surface area contributed by atoms with Crippen molar-refractivity contribution < 1.29 is 9.59 Å². The minimum atomic E-state index is -0.262. The van der Waals surface area contributed by atoms with Crippen molar-refractivity contribution in [1.29, 1.82) is 0 Å². The van der Waals surface area contributed by atoms with Crippen molar-refractivity contribution in [2.24, 2.45) is 0 Å². The second-order valence-corrected chi connectivity index (χ2v) is 7.75. The summed E-state index contributed by atoms with van der Waals surface area (Å²) in [6, 6.07) is 10.7. The van der Waals surface area contributed by atoms with Crippen molar-refractivity contribution in [3.05, 3.63) is 54.4 Å². The first-order chi connectivity index (χ1) is 14.8. The number of amides is 2. The molecule has 2 aromatic heterocycles. The van der Waals surface area contributed by atoms with Crippen LogP contribution in [0.25, 0.3) is 0 Å². The lowest BCUT2D eigenvalue weighted by Gasteiger charge is -2.42. The van der Waals surface area contributed by atoms with Crippen LogP contribution in [-0.2, 0) is 4.79 Å². The van der Waals surface area contributed by atoms with Crippen LogP contribution in [0.2, 0.25) is 0 Å². The minimum Gasteiger partial charge on any atom is -0.355 e. The van der Waals surface area contributed by atoms with Gasteiger partial charge in [0.25, 0.3) is 5.91 Å². The van der Waals surface area contributed by atoms with E-state index in [0.29, 0.717) is 17.2 Å². The van der Waals surface area contributed by atoms with Gasteiger partial charge in [0.1, 0.15) is 11.9 Å². The van der Waals surface area contributed by atoms with Gasteiger partial charge in [0, 0.05) is 42.7 Å². The zero-order chi connectivity index (χ0) is 22.1. The average molecular weight is 419 g/mol. The lowest BCUT2D eigenvalue weighted by molar-refractivity contribution is -0.119. The molecule has 160 valence electrons. The minimum absolute atomic E-state index is 0.0411. The molecule has 0 aliphatic carbocycles. The predicted octanol–water partition coefficient (Wildman–Crippen LogP) is 3.38. The third kappa shape index (κ3) is 3.94. The van der Waals surface area contributed by atoms with Crippen LogP contribution >= 0.6 is 0 Å². The van der Waals surface area contributed by atoms with Gasteiger partial charge in [-0.05, 0) is 39.0 Å². The van der Waals surface area contributed by atoms with Gasteiger partial charge in [0.2, 0.25) is 5.91 Å². The van der Waals surface area contributed by atoms with E-state index < -0.39 is 0 Å². The van der Waals surface area contributed by atoms with Crippen molar-refractivity contribution in [3.63, 3.8) is 0 Å². The quantitative estimate of drug-likeness (QED) is 0.585. The van der Waals surface area contributed by atoms with Gasteiger partial charge < -0.3 is 20.4 Å². The molecule has 2 amide bonds. The number of fused-ring (bicyclic) bond motifs is 1. The monoisotopic (exact) mass is 419 g/mol. The van der Waals surface area contributed by atoms with E-state index in [-0.39, 0.29) is 23.9 Å². The number of nitrogens with zero attached hydrogens (tertiary/aromatic N) is 4. The topological polar surface area (TPSA) is 106 Å². The molecule has 0 saturated heterocycles. The third-order valence-electron chi connectivity index (χ3n) is 5.30. The van der Waals surface area contributed by atoms with E-state index in [1.165, 1.54) is 0 Å². The number of rotatable bonds is 5. The van der Waals surface area contributed by atoms with Crippen molar-refractivity contribution >= 4 is 40.5 Å². The molecule has 1 atom stereocenters. The van der Waals surface area contributed by atoms with Gasteiger partial charge in [0.15, 0.2) is 5.82 Å². The van der Waals surface area contributed by atoms with E-state index in [1.807, 2.05) is 19.1 Å². The van der Waals surface area contributed by atoms with Crippen LogP contribution in [-0.4, -0.2) is 46.1 Å². The summed E-state index contributed by atoms with van der Waals surface area (Å²) in [7, 11) is 1.77. The number of hydrogen-bond acceptors (Lipinski definition) is 6. The maximum Gasteiger partial charge on any atom is 0.256 e. The first kappa shape index (κ1) is 20.4. The smallest absolute Gasteiger partial charge is 0.256 e. The first-order valence-corrected chi connectivity index (χ1v) is 10.1. The standard InChI is InChI=1S/C22H25N7O2/c1-13(2)29-14(3)22(31)28(4)18-12-23-20(11-17(18)29)25-16-7-5-6-15(10-16)21(30)26-19-8-9-24-27-19/h5-14H,1-4H3,(H,23,25)(H2,24,26,27,30). The summed E-state index contributed by atoms with van der Waals surface area (Å²) >= 11 is 0. The van der Waals surface area contributed by atoms with Gasteiger partial charge in [-0.2, -0.15) is 5.10 Å². The van der Waals surface area contributed by atoms with Crippen LogP contribution in [0.3, 0.4) is 0 Å². The number of carbonyl (C=O) groups excluding carboxylic acids is 2. The molecule has 4 rings (SSSR count). The predicted molar refractivity (Wildman–Crippen MR) is 121 cm³/mol. The Bertz CT molecular complexity index is 1110. The molecule has 3 N–H and O–H groups in total. The van der Waals surface area contributed by atoms with Gasteiger partial charge in [-0.3, -0.25) is 14.7 Å². The Morgan fingerprint density at radius 3 is 2.68 bits per heavy atom. The molecule has 9 nitrogen and oxygen atoms in total. The van der Waals surface area contributed by atoms with Gasteiger partial charge in [-0.1, -0.05) is 6.07 Å². The molecule has 0 fully saturated rings. The summed E-state index contributed by atoms with van der Waals surface area (Å²) < 4.78 is 0. The summed E-state index contributed by atoms with van der Waals surface area (Å²) in [6.45, 7) is 6.04. The number of anilines is 5. The van der Waals surface area contributed by atoms with Gasteiger partial charge >= 0.3 is 0 Å². The fourth-order valence-electron chi connectivity index (χ4n) is 3.83. The highest BCUT2D eigenvalue weighted by molar-refractivity contribution is 6.05. The summed E-state index contributed by atoms with van der Waals surface area (Å²) in [5, 5.41) is 12.6. The van der Waals surface area contributed by atoms with Gasteiger partial charge in [0.05, 0.1) is 17.6 Å². The Kier molecular flexibility index (Phi) is 5.33. The first-order valence-electron chi connectivity index (χ1n) is 10.1. The molecule has 1 unspecified atom stereocenters. The maximum atomic E-state index is 12.6. The summed E-state index contributed by atoms with van der Waals surface area (Å²) in [6.07, 6.45) is 3.34. The fraction of sp³-hybridized carbons (Fsp3) is 0.273. The van der Waals surface area contributed by atoms with E-state index in [2.05, 4.69) is 44.6 Å². The highest BCUT2D eigenvalue weighted by Crippen LogP contribution is 2.38. The number of likely N-dealkylation sites (N-methyl/N-ethyl adjacent to an activating group) is 1. The molecule has 0 radical (unpaired) electrons. The highest BCUT2D eigenvalue weighted by atomic mass is 16.2. The van der Waals surface area contributed by atoms with Crippen LogP contribution in [0.15, 0.2) is 48.8 Å². The largest absolute Gasteiger partial charge is 0.355 e. The van der Waals surface area contributed by atoms with Crippen molar-refractivity contribution in [1.82, 2.24) is 15.2 Å². The van der Waals surface area contributed by atoms with Crippen LogP contribution in [0, 0.1) is 0 Å². The van der Waals surface area contributed by atoms with Crippen LogP contribution in [0.5, 0.6) is 0 Å². The van der Waals surface area contributed by atoms with Crippen LogP contribution in [0.4, 0.5) is 28.7 Å². The SMILES string of the molecule is CC(C)N1c2cc(Nc3cccc(C(=O)Nc4cc[nH]n4)c3)ncc2N(C)C(=O)C1C. The number of hydrogen-bond donors (Lipinski definition) is 3. The van der Waals surface area contributed by atoms with E-state index >= 15 is 0 Å². The number of H-pyrrole nitrogens is 1. The van der Waals surface area contributed by atoms with Crippen molar-refractivity contribution in [2.75, 3.05) is 27.5 Å². The molecule has 3 heterocycles. The fourth-order valence-corrected chi connectivity index (χ4v) is 3.83. The van der Waals surface area contributed by atoms with E-state index in [0.717, 1.165) is 17.1 Å². The lowest BCUT2D eigenvalue weighted by Crippen LogP contribution is -2.53. The number of nitrogens with one attached hydrogen (secondary N) is 3. The highest BCUT2D eigenvalue weighted by Gasteiger charge is 2.35. The molecular formula is C22H25N7O2. The molecule has 3 aromatic rings. The Hall–Kier alpha value is -3.88. The molecule has 1 aliphatic rings. The molecule has 1 aromatic carbocycles. The molecule has 0 spiro atoms. The summed E-state index contributed by atoms with van der Waals surface area (Å²) in [5.41, 5.74) is 2.93. The average Bonchev–Trinajstić information content (AvgIpc) is 3.25. The number of pyridine rings is 1. The Labute approximate surface area is 180 Å². The number of aromatic nitrogens is 3. The Morgan fingerprint density at radius 2 is 1.97 bits per heavy atom. The van der Waals surface area contributed by atoms with E-state index in [9.17, 15) is 9.59 Å². The van der Waals surface area contributed by atoms with E-state index in [4.69, 9.17) is 0 Å². The molecule has 31 heavy (non-hydrogen) atoms. The van der Waals surface area contributed by atoms with Crippen LogP contribution in [0.1, 0.15) is 31.1 Å². The summed E-state index contributed by atoms with van der Waals surface area (Å²) in [5.74, 6) is 0.874. The Morgan fingerprint density at radius 1 is 1.16 bits per heavy atom. The molecule has 9 heteroatoms. The number of aromatic amines is 1. The molecule has 0 bridgehead atoms. The van der Waals surface area contributed by atoms with Crippen molar-refractivity contribution in [2.45, 2.75) is 32.9 Å². The van der Waals surface area contributed by atoms with Crippen LogP contribution < -0.4 is 20.4 Å². The molecule has 1 aliphatic heterocycles. The number of benzene rings is 1. The lowest BCUT2D eigenvalue weighted by atomic mass is 10.1. The molecular weight excluding hydrogens is 394 g/mol. The maximum absolute atomic E-state index is 12.6. The molecule has 0 saturated carbocycles. The van der Waals surface area contributed by atoms with Gasteiger partial charge in [-0.15, -0.1) is 0 Å². The third-order valence-corrected chi connectivity index (χ3v) is 5.30. The zero-order valence-corrected chi connectivity index (χ0v) is 17.9. The Balaban J connectivity index is 1.59. The summed E-state index contributed by atoms with van der Waals surface area (Å²) in [4.78, 5) is 33.3. The second-order valence-electron chi connectivity index (χ2n) is 7.75.